The third-order valence-corrected chi connectivity index (χ3v) is 5.30. The maximum atomic E-state index is 12.9. The lowest BCUT2D eigenvalue weighted by Crippen LogP contribution is -2.47. The van der Waals surface area contributed by atoms with Crippen LogP contribution in [0.3, 0.4) is 0 Å². The fourth-order valence-corrected chi connectivity index (χ4v) is 3.96. The van der Waals surface area contributed by atoms with Gasteiger partial charge in [-0.25, -0.2) is 14.6 Å². The lowest BCUT2D eigenvalue weighted by Gasteiger charge is -2.37. The van der Waals surface area contributed by atoms with Gasteiger partial charge in [-0.05, 0) is 47.0 Å². The van der Waals surface area contributed by atoms with Crippen molar-refractivity contribution in [1.29, 1.82) is 0 Å². The summed E-state index contributed by atoms with van der Waals surface area (Å²) >= 11 is 1.38. The maximum Gasteiger partial charge on any atom is 0.410 e. The van der Waals surface area contributed by atoms with Crippen LogP contribution in [0, 0.1) is 5.92 Å². The Hall–Kier alpha value is -1.67. The van der Waals surface area contributed by atoms with E-state index in [1.54, 1.807) is 12.3 Å². The van der Waals surface area contributed by atoms with E-state index in [2.05, 4.69) is 18.8 Å². The monoisotopic (exact) mass is 442 g/mol. The van der Waals surface area contributed by atoms with Crippen molar-refractivity contribution < 1.29 is 23.8 Å². The van der Waals surface area contributed by atoms with Gasteiger partial charge in [0, 0.05) is 31.0 Å². The van der Waals surface area contributed by atoms with Crippen LogP contribution in [0.15, 0.2) is 5.38 Å². The van der Waals surface area contributed by atoms with E-state index in [0.717, 1.165) is 6.42 Å². The van der Waals surface area contributed by atoms with E-state index < -0.39 is 11.6 Å². The Morgan fingerprint density at radius 3 is 2.33 bits per heavy atom. The van der Waals surface area contributed by atoms with E-state index in [1.165, 1.54) is 11.3 Å². The Morgan fingerprint density at radius 2 is 1.83 bits per heavy atom. The molecule has 1 aromatic heterocycles. The molecule has 1 heterocycles. The van der Waals surface area contributed by atoms with Crippen LogP contribution in [0.25, 0.3) is 0 Å². The number of carbonyl (C=O) groups is 2. The topological polar surface area (TPSA) is 78.0 Å². The number of hydrogen-bond donors (Lipinski definition) is 0. The summed E-state index contributed by atoms with van der Waals surface area (Å²) in [4.78, 5) is 31.2. The zero-order valence-electron chi connectivity index (χ0n) is 19.7. The number of nitrogens with zero attached hydrogens (tertiary/aromatic N) is 2. The fourth-order valence-electron chi connectivity index (χ4n) is 3.11. The van der Waals surface area contributed by atoms with Crippen LogP contribution in [0.1, 0.15) is 89.8 Å². The van der Waals surface area contributed by atoms with Crippen molar-refractivity contribution in [2.24, 2.45) is 5.92 Å². The molecule has 172 valence electrons. The third kappa shape index (κ3) is 8.22. The number of aromatic nitrogens is 1. The predicted molar refractivity (Wildman–Crippen MR) is 119 cm³/mol. The molecule has 0 aliphatic carbocycles. The number of thiazole rings is 1. The minimum absolute atomic E-state index is 0.0914. The highest BCUT2D eigenvalue weighted by molar-refractivity contribution is 7.09. The molecule has 0 bridgehead atoms. The van der Waals surface area contributed by atoms with Crippen LogP contribution in [-0.4, -0.2) is 53.3 Å². The molecule has 1 rings (SSSR count). The largest absolute Gasteiger partial charge is 0.461 e. The molecule has 0 radical (unpaired) electrons. The van der Waals surface area contributed by atoms with Crippen LogP contribution in [0.2, 0.25) is 0 Å². The molecule has 0 unspecified atom stereocenters. The number of ether oxygens (including phenoxy) is 3. The van der Waals surface area contributed by atoms with Crippen LogP contribution in [0.5, 0.6) is 0 Å². The minimum atomic E-state index is -0.562. The van der Waals surface area contributed by atoms with Gasteiger partial charge in [0.25, 0.3) is 0 Å². The van der Waals surface area contributed by atoms with Gasteiger partial charge in [0.2, 0.25) is 0 Å². The highest BCUT2D eigenvalue weighted by Crippen LogP contribution is 2.31. The Balaban J connectivity index is 3.12. The SMILES string of the molecule is CCCN(C(=O)OC(C)(C)C)[C@H](C[C@@H](OCC)c1nc(C(=O)OCC)cs1)C(C)C. The van der Waals surface area contributed by atoms with Crippen molar-refractivity contribution >= 4 is 23.4 Å². The molecule has 0 N–H and O–H groups in total. The molecule has 2 atom stereocenters. The van der Waals surface area contributed by atoms with E-state index in [9.17, 15) is 9.59 Å². The van der Waals surface area contributed by atoms with E-state index in [4.69, 9.17) is 14.2 Å². The van der Waals surface area contributed by atoms with Crippen LogP contribution in [-0.2, 0) is 14.2 Å². The molecule has 0 saturated heterocycles. The van der Waals surface area contributed by atoms with Crippen molar-refractivity contribution in [3.8, 4) is 0 Å². The first-order valence-corrected chi connectivity index (χ1v) is 11.7. The number of amides is 1. The number of carbonyl (C=O) groups excluding carboxylic acids is 2. The molecule has 0 aromatic carbocycles. The quantitative estimate of drug-likeness (QED) is 0.424. The Kier molecular flexibility index (Phi) is 10.8. The summed E-state index contributed by atoms with van der Waals surface area (Å²) in [5, 5.41) is 2.41. The molecular formula is C22H38N2O5S. The minimum Gasteiger partial charge on any atom is -0.461 e. The van der Waals surface area contributed by atoms with Crippen LogP contribution in [0.4, 0.5) is 4.79 Å². The fraction of sp³-hybridized carbons (Fsp3) is 0.773. The highest BCUT2D eigenvalue weighted by atomic mass is 32.1. The second kappa shape index (κ2) is 12.2. The summed E-state index contributed by atoms with van der Waals surface area (Å²) in [7, 11) is 0. The summed E-state index contributed by atoms with van der Waals surface area (Å²) < 4.78 is 16.7. The van der Waals surface area contributed by atoms with E-state index >= 15 is 0 Å². The zero-order valence-corrected chi connectivity index (χ0v) is 20.5. The van der Waals surface area contributed by atoms with Crippen LogP contribution >= 0.6 is 11.3 Å². The summed E-state index contributed by atoms with van der Waals surface area (Å²) in [5.41, 5.74) is -0.270. The number of hydrogen-bond acceptors (Lipinski definition) is 7. The van der Waals surface area contributed by atoms with Gasteiger partial charge in [-0.1, -0.05) is 20.8 Å². The number of rotatable bonds is 11. The van der Waals surface area contributed by atoms with E-state index in [-0.39, 0.29) is 24.2 Å². The normalized spacial score (nSPS) is 13.8. The Bertz CT molecular complexity index is 669. The van der Waals surface area contributed by atoms with Gasteiger partial charge in [0.05, 0.1) is 6.61 Å². The van der Waals surface area contributed by atoms with Crippen molar-refractivity contribution in [3.63, 3.8) is 0 Å². The summed E-state index contributed by atoms with van der Waals surface area (Å²) in [6, 6.07) is -0.0914. The second-order valence-corrected chi connectivity index (χ2v) is 9.35. The average molecular weight is 443 g/mol. The summed E-state index contributed by atoms with van der Waals surface area (Å²) in [5.74, 6) is -0.242. The molecule has 0 spiro atoms. The van der Waals surface area contributed by atoms with Crippen molar-refractivity contribution in [3.05, 3.63) is 16.1 Å². The number of esters is 1. The first-order valence-electron chi connectivity index (χ1n) is 10.8. The van der Waals surface area contributed by atoms with Gasteiger partial charge in [-0.3, -0.25) is 0 Å². The molecule has 1 amide bonds. The molecule has 7 nitrogen and oxygen atoms in total. The summed E-state index contributed by atoms with van der Waals surface area (Å²) in [6.45, 7) is 16.9. The first-order chi connectivity index (χ1) is 14.0. The van der Waals surface area contributed by atoms with Crippen LogP contribution < -0.4 is 0 Å². The molecule has 30 heavy (non-hydrogen) atoms. The van der Waals surface area contributed by atoms with Crippen molar-refractivity contribution in [2.75, 3.05) is 19.8 Å². The average Bonchev–Trinajstić information content (AvgIpc) is 3.12. The predicted octanol–water partition coefficient (Wildman–Crippen LogP) is 5.46. The molecule has 8 heteroatoms. The van der Waals surface area contributed by atoms with Crippen molar-refractivity contribution in [1.82, 2.24) is 9.88 Å². The van der Waals surface area contributed by atoms with Gasteiger partial charge >= 0.3 is 12.1 Å². The molecule has 1 aromatic rings. The van der Waals surface area contributed by atoms with E-state index in [1.807, 2.05) is 39.5 Å². The molecular weight excluding hydrogens is 404 g/mol. The maximum absolute atomic E-state index is 12.9. The van der Waals surface area contributed by atoms with Gasteiger partial charge in [-0.15, -0.1) is 11.3 Å². The lowest BCUT2D eigenvalue weighted by molar-refractivity contribution is -0.00779. The van der Waals surface area contributed by atoms with Crippen molar-refractivity contribution in [2.45, 2.75) is 86.0 Å². The molecule has 0 aliphatic heterocycles. The van der Waals surface area contributed by atoms with Gasteiger partial charge in [-0.2, -0.15) is 0 Å². The van der Waals surface area contributed by atoms with Gasteiger partial charge < -0.3 is 19.1 Å². The Labute approximate surface area is 185 Å². The Morgan fingerprint density at radius 1 is 1.17 bits per heavy atom. The lowest BCUT2D eigenvalue weighted by atomic mass is 9.96. The summed E-state index contributed by atoms with van der Waals surface area (Å²) in [6.07, 6.45) is 0.758. The first kappa shape index (κ1) is 26.4. The smallest absolute Gasteiger partial charge is 0.410 e. The standard InChI is InChI=1S/C22H38N2O5S/c1-9-12-24(21(26)29-22(6,7)8)17(15(4)5)13-18(27-10-2)19-23-16(14-30-19)20(25)28-11-3/h14-15,17-18H,9-13H2,1-8H3/t17-,18-/m1/s1. The zero-order chi connectivity index (χ0) is 22.9. The highest BCUT2D eigenvalue weighted by Gasteiger charge is 2.33. The molecule has 0 saturated carbocycles. The van der Waals surface area contributed by atoms with Gasteiger partial charge in [0.15, 0.2) is 5.69 Å². The molecule has 0 aliphatic rings. The third-order valence-electron chi connectivity index (χ3n) is 4.37. The van der Waals surface area contributed by atoms with E-state index in [0.29, 0.717) is 36.9 Å². The second-order valence-electron chi connectivity index (χ2n) is 8.46. The van der Waals surface area contributed by atoms with Gasteiger partial charge in [0.1, 0.15) is 16.7 Å². The molecule has 0 fully saturated rings.